The molecule has 0 unspecified atom stereocenters. The zero-order valence-electron chi connectivity index (χ0n) is 12.1. The van der Waals surface area contributed by atoms with Crippen molar-refractivity contribution in [1.82, 2.24) is 5.32 Å². The standard InChI is InChI=1S/C17H16FNO3/c1-22-17(21)15(11-12-5-3-2-4-6-12)19-16(20)13-7-9-14(18)10-8-13/h2-10,15H,11H2,1H3,(H,19,20)/t15-/m0/s1. The van der Waals surface area contributed by atoms with Gasteiger partial charge < -0.3 is 10.1 Å². The summed E-state index contributed by atoms with van der Waals surface area (Å²) in [6.07, 6.45) is 0.320. The maximum atomic E-state index is 12.9. The number of hydrogen-bond acceptors (Lipinski definition) is 3. The topological polar surface area (TPSA) is 55.4 Å². The Kier molecular flexibility index (Phi) is 5.25. The molecule has 2 rings (SSSR count). The highest BCUT2D eigenvalue weighted by atomic mass is 19.1. The molecular formula is C17H16FNO3. The SMILES string of the molecule is COC(=O)[C@H](Cc1ccccc1)NC(=O)c1ccc(F)cc1. The van der Waals surface area contributed by atoms with Crippen molar-refractivity contribution in [3.8, 4) is 0 Å². The summed E-state index contributed by atoms with van der Waals surface area (Å²) >= 11 is 0. The molecule has 0 spiro atoms. The fourth-order valence-corrected chi connectivity index (χ4v) is 2.03. The Hall–Kier alpha value is -2.69. The summed E-state index contributed by atoms with van der Waals surface area (Å²) in [7, 11) is 1.27. The molecule has 0 aromatic heterocycles. The van der Waals surface area contributed by atoms with Crippen LogP contribution < -0.4 is 5.32 Å². The van der Waals surface area contributed by atoms with Crippen LogP contribution in [0.4, 0.5) is 4.39 Å². The van der Waals surface area contributed by atoms with Gasteiger partial charge in [0.2, 0.25) is 0 Å². The first-order chi connectivity index (χ1) is 10.6. The molecule has 1 amide bonds. The smallest absolute Gasteiger partial charge is 0.328 e. The number of esters is 1. The fourth-order valence-electron chi connectivity index (χ4n) is 2.03. The van der Waals surface area contributed by atoms with Crippen molar-refractivity contribution in [2.75, 3.05) is 7.11 Å². The summed E-state index contributed by atoms with van der Waals surface area (Å²) in [5.41, 5.74) is 1.18. The average molecular weight is 301 g/mol. The number of rotatable bonds is 5. The number of nitrogens with one attached hydrogen (secondary N) is 1. The van der Waals surface area contributed by atoms with Crippen LogP contribution in [0, 0.1) is 5.82 Å². The van der Waals surface area contributed by atoms with Gasteiger partial charge in [-0.15, -0.1) is 0 Å². The van der Waals surface area contributed by atoms with E-state index in [2.05, 4.69) is 5.32 Å². The lowest BCUT2D eigenvalue weighted by Gasteiger charge is -2.16. The summed E-state index contributed by atoms with van der Waals surface area (Å²) in [5.74, 6) is -1.41. The molecule has 0 aliphatic carbocycles. The highest BCUT2D eigenvalue weighted by molar-refractivity contribution is 5.96. The molecule has 0 aliphatic heterocycles. The molecule has 114 valence electrons. The number of amides is 1. The lowest BCUT2D eigenvalue weighted by Crippen LogP contribution is -2.43. The van der Waals surface area contributed by atoms with E-state index >= 15 is 0 Å². The van der Waals surface area contributed by atoms with Gasteiger partial charge in [0, 0.05) is 12.0 Å². The molecular weight excluding hydrogens is 285 g/mol. The molecule has 0 aliphatic rings. The second-order valence-electron chi connectivity index (χ2n) is 4.75. The van der Waals surface area contributed by atoms with E-state index in [1.54, 1.807) is 0 Å². The van der Waals surface area contributed by atoms with Crippen LogP contribution in [0.15, 0.2) is 54.6 Å². The Morgan fingerprint density at radius 1 is 1.09 bits per heavy atom. The summed E-state index contributed by atoms with van der Waals surface area (Å²) in [6, 6.07) is 13.6. The third-order valence-electron chi connectivity index (χ3n) is 3.18. The second-order valence-corrected chi connectivity index (χ2v) is 4.75. The van der Waals surface area contributed by atoms with Gasteiger partial charge in [-0.25, -0.2) is 9.18 Å². The number of ether oxygens (including phenoxy) is 1. The van der Waals surface area contributed by atoms with Crippen LogP contribution >= 0.6 is 0 Å². The average Bonchev–Trinajstić information content (AvgIpc) is 2.55. The van der Waals surface area contributed by atoms with Crippen molar-refractivity contribution in [1.29, 1.82) is 0 Å². The van der Waals surface area contributed by atoms with Gasteiger partial charge in [0.05, 0.1) is 7.11 Å². The highest BCUT2D eigenvalue weighted by Gasteiger charge is 2.22. The maximum Gasteiger partial charge on any atom is 0.328 e. The number of methoxy groups -OCH3 is 1. The molecule has 0 bridgehead atoms. The molecule has 2 aromatic carbocycles. The van der Waals surface area contributed by atoms with Crippen molar-refractivity contribution in [2.24, 2.45) is 0 Å². The van der Waals surface area contributed by atoms with E-state index in [0.29, 0.717) is 6.42 Å². The van der Waals surface area contributed by atoms with Crippen molar-refractivity contribution in [3.63, 3.8) is 0 Å². The molecule has 1 N–H and O–H groups in total. The third-order valence-corrected chi connectivity index (χ3v) is 3.18. The second kappa shape index (κ2) is 7.36. The van der Waals surface area contributed by atoms with Crippen LogP contribution in [-0.2, 0) is 16.0 Å². The summed E-state index contributed by atoms with van der Waals surface area (Å²) < 4.78 is 17.6. The molecule has 0 saturated heterocycles. The highest BCUT2D eigenvalue weighted by Crippen LogP contribution is 2.07. The van der Waals surface area contributed by atoms with Crippen LogP contribution in [0.2, 0.25) is 0 Å². The van der Waals surface area contributed by atoms with Gasteiger partial charge >= 0.3 is 5.97 Å². The Bertz CT molecular complexity index is 641. The molecule has 0 heterocycles. The number of hydrogen-bond donors (Lipinski definition) is 1. The van der Waals surface area contributed by atoms with E-state index in [1.807, 2.05) is 30.3 Å². The predicted molar refractivity (Wildman–Crippen MR) is 79.8 cm³/mol. The maximum absolute atomic E-state index is 12.9. The minimum absolute atomic E-state index is 0.281. The van der Waals surface area contributed by atoms with Crippen molar-refractivity contribution in [2.45, 2.75) is 12.5 Å². The van der Waals surface area contributed by atoms with Gasteiger partial charge in [-0.1, -0.05) is 30.3 Å². The number of carbonyl (C=O) groups is 2. The van der Waals surface area contributed by atoms with Crippen molar-refractivity contribution >= 4 is 11.9 Å². The molecule has 5 heteroatoms. The van der Waals surface area contributed by atoms with Crippen molar-refractivity contribution in [3.05, 3.63) is 71.5 Å². The lowest BCUT2D eigenvalue weighted by atomic mass is 10.1. The minimum atomic E-state index is -0.801. The number of halogens is 1. The minimum Gasteiger partial charge on any atom is -0.467 e. The van der Waals surface area contributed by atoms with Crippen LogP contribution in [0.3, 0.4) is 0 Å². The summed E-state index contributed by atoms with van der Waals surface area (Å²) in [5, 5.41) is 2.62. The van der Waals surface area contributed by atoms with E-state index < -0.39 is 23.7 Å². The van der Waals surface area contributed by atoms with Crippen LogP contribution in [0.1, 0.15) is 15.9 Å². The van der Waals surface area contributed by atoms with Crippen LogP contribution in [-0.4, -0.2) is 25.0 Å². The van der Waals surface area contributed by atoms with Crippen LogP contribution in [0.5, 0.6) is 0 Å². The van der Waals surface area contributed by atoms with Gasteiger partial charge in [0.15, 0.2) is 0 Å². The monoisotopic (exact) mass is 301 g/mol. The molecule has 22 heavy (non-hydrogen) atoms. The fraction of sp³-hybridized carbons (Fsp3) is 0.176. The van der Waals surface area contributed by atoms with E-state index in [-0.39, 0.29) is 5.56 Å². The summed E-state index contributed by atoms with van der Waals surface area (Å²) in [4.78, 5) is 24.0. The molecule has 1 atom stereocenters. The van der Waals surface area contributed by atoms with Gasteiger partial charge in [0.1, 0.15) is 11.9 Å². The van der Waals surface area contributed by atoms with E-state index in [4.69, 9.17) is 4.74 Å². The molecule has 0 radical (unpaired) electrons. The molecule has 2 aromatic rings. The first-order valence-electron chi connectivity index (χ1n) is 6.78. The summed E-state index contributed by atoms with van der Waals surface area (Å²) in [6.45, 7) is 0. The Morgan fingerprint density at radius 3 is 2.32 bits per heavy atom. The van der Waals surface area contributed by atoms with Crippen LogP contribution in [0.25, 0.3) is 0 Å². The van der Waals surface area contributed by atoms with Crippen molar-refractivity contribution < 1.29 is 18.7 Å². The van der Waals surface area contributed by atoms with E-state index in [0.717, 1.165) is 5.56 Å². The Morgan fingerprint density at radius 2 is 1.73 bits per heavy atom. The molecule has 0 fully saturated rings. The third kappa shape index (κ3) is 4.15. The first kappa shape index (κ1) is 15.7. The normalized spacial score (nSPS) is 11.5. The van der Waals surface area contributed by atoms with Gasteiger partial charge in [-0.3, -0.25) is 4.79 Å². The zero-order chi connectivity index (χ0) is 15.9. The largest absolute Gasteiger partial charge is 0.467 e. The number of benzene rings is 2. The van der Waals surface area contributed by atoms with E-state index in [9.17, 15) is 14.0 Å². The predicted octanol–water partition coefficient (Wildman–Crippen LogP) is 2.34. The molecule has 0 saturated carbocycles. The quantitative estimate of drug-likeness (QED) is 0.862. The zero-order valence-corrected chi connectivity index (χ0v) is 12.1. The Labute approximate surface area is 127 Å². The van der Waals surface area contributed by atoms with Gasteiger partial charge in [-0.05, 0) is 29.8 Å². The van der Waals surface area contributed by atoms with Gasteiger partial charge in [0.25, 0.3) is 5.91 Å². The van der Waals surface area contributed by atoms with Gasteiger partial charge in [-0.2, -0.15) is 0 Å². The van der Waals surface area contributed by atoms with E-state index in [1.165, 1.54) is 31.4 Å². The lowest BCUT2D eigenvalue weighted by molar-refractivity contribution is -0.142. The first-order valence-corrected chi connectivity index (χ1v) is 6.78. The molecule has 4 nitrogen and oxygen atoms in total. The Balaban J connectivity index is 2.11. The number of carbonyl (C=O) groups excluding carboxylic acids is 2.